The Bertz CT molecular complexity index is 2220. The minimum Gasteiger partial charge on any atom is -0.398 e. The summed E-state index contributed by atoms with van der Waals surface area (Å²) >= 11 is 0. The van der Waals surface area contributed by atoms with Gasteiger partial charge in [0, 0.05) is 5.70 Å². The lowest BCUT2D eigenvalue weighted by Crippen LogP contribution is -2.28. The minimum atomic E-state index is -0.424. The number of hydrogen-bond donors (Lipinski definition) is 1. The lowest BCUT2D eigenvalue weighted by atomic mass is 9.67. The fourth-order valence-corrected chi connectivity index (χ4v) is 7.46. The minimum absolute atomic E-state index is 0.424. The summed E-state index contributed by atoms with van der Waals surface area (Å²) in [5.41, 5.74) is 21.8. The standard InChI is InChI=1S/C48H37N/c49-47(34-40(25-24-35-14-4-1-5-15-35)38-28-26-37(27-29-38)36-16-6-2-7-17-36)39-30-32-42(33-31-39)48(41-18-8-3-9-19-41)45-22-12-10-20-43(45)44-21-11-13-23-46(44)48/h1-23,25-34H,24,49H2/b40-25+,47-34-. The van der Waals surface area contributed by atoms with E-state index in [1.165, 1.54) is 50.1 Å². The van der Waals surface area contributed by atoms with Crippen molar-refractivity contribution < 1.29 is 0 Å². The summed E-state index contributed by atoms with van der Waals surface area (Å²) in [6, 6.07) is 67.3. The average Bonchev–Trinajstić information content (AvgIpc) is 3.49. The lowest BCUT2D eigenvalue weighted by Gasteiger charge is -2.34. The van der Waals surface area contributed by atoms with Crippen LogP contribution in [0.3, 0.4) is 0 Å². The van der Waals surface area contributed by atoms with Gasteiger partial charge in [-0.3, -0.25) is 0 Å². The highest BCUT2D eigenvalue weighted by Crippen LogP contribution is 2.55. The molecule has 1 nitrogen and oxygen atoms in total. The molecule has 0 atom stereocenters. The third-order valence-corrected chi connectivity index (χ3v) is 9.85. The molecule has 1 aliphatic carbocycles. The van der Waals surface area contributed by atoms with Crippen LogP contribution >= 0.6 is 0 Å². The van der Waals surface area contributed by atoms with E-state index in [0.717, 1.165) is 28.8 Å². The van der Waals surface area contributed by atoms with Crippen molar-refractivity contribution in [1.82, 2.24) is 0 Å². The van der Waals surface area contributed by atoms with Crippen LogP contribution in [0, 0.1) is 0 Å². The fraction of sp³-hybridized carbons (Fsp3) is 0.0417. The molecule has 0 heterocycles. The van der Waals surface area contributed by atoms with Crippen LogP contribution in [0.1, 0.15) is 38.9 Å². The quantitative estimate of drug-likeness (QED) is 0.167. The third kappa shape index (κ3) is 5.60. The van der Waals surface area contributed by atoms with Crippen LogP contribution < -0.4 is 5.73 Å². The molecule has 0 saturated heterocycles. The summed E-state index contributed by atoms with van der Waals surface area (Å²) in [4.78, 5) is 0. The van der Waals surface area contributed by atoms with Crippen molar-refractivity contribution in [3.63, 3.8) is 0 Å². The number of benzene rings is 7. The Kier molecular flexibility index (Phi) is 8.09. The molecule has 1 aliphatic rings. The van der Waals surface area contributed by atoms with Gasteiger partial charge in [0.05, 0.1) is 5.41 Å². The first-order valence-electron chi connectivity index (χ1n) is 16.9. The fourth-order valence-electron chi connectivity index (χ4n) is 7.46. The van der Waals surface area contributed by atoms with Gasteiger partial charge >= 0.3 is 0 Å². The maximum absolute atomic E-state index is 6.94. The Morgan fingerprint density at radius 3 is 1.53 bits per heavy atom. The molecule has 0 spiro atoms. The number of fused-ring (bicyclic) bond motifs is 3. The van der Waals surface area contributed by atoms with Gasteiger partial charge in [-0.1, -0.05) is 194 Å². The van der Waals surface area contributed by atoms with Gasteiger partial charge in [-0.25, -0.2) is 0 Å². The molecule has 0 aliphatic heterocycles. The van der Waals surface area contributed by atoms with Crippen molar-refractivity contribution in [3.8, 4) is 22.3 Å². The van der Waals surface area contributed by atoms with Crippen LogP contribution in [-0.2, 0) is 11.8 Å². The molecule has 0 bridgehead atoms. The van der Waals surface area contributed by atoms with E-state index in [-0.39, 0.29) is 0 Å². The largest absolute Gasteiger partial charge is 0.398 e. The van der Waals surface area contributed by atoms with Crippen molar-refractivity contribution in [3.05, 3.63) is 239 Å². The molecule has 0 fully saturated rings. The first kappa shape index (κ1) is 30.2. The molecule has 0 saturated carbocycles. The summed E-state index contributed by atoms with van der Waals surface area (Å²) in [6.45, 7) is 0. The predicted octanol–water partition coefficient (Wildman–Crippen LogP) is 11.3. The highest BCUT2D eigenvalue weighted by atomic mass is 14.6. The zero-order valence-corrected chi connectivity index (χ0v) is 27.3. The zero-order chi connectivity index (χ0) is 33.0. The number of hydrogen-bond acceptors (Lipinski definition) is 1. The molecule has 2 N–H and O–H groups in total. The summed E-state index contributed by atoms with van der Waals surface area (Å²) in [5.74, 6) is 0. The molecule has 8 rings (SSSR count). The van der Waals surface area contributed by atoms with E-state index in [1.807, 2.05) is 0 Å². The first-order valence-corrected chi connectivity index (χ1v) is 16.9. The second kappa shape index (κ2) is 13.1. The second-order valence-corrected chi connectivity index (χ2v) is 12.7. The maximum Gasteiger partial charge on any atom is 0.0713 e. The van der Waals surface area contributed by atoms with E-state index in [4.69, 9.17) is 5.73 Å². The Hall–Kier alpha value is -6.18. The van der Waals surface area contributed by atoms with Gasteiger partial charge in [0.2, 0.25) is 0 Å². The van der Waals surface area contributed by atoms with E-state index in [0.29, 0.717) is 0 Å². The molecule has 0 radical (unpaired) electrons. The predicted molar refractivity (Wildman–Crippen MR) is 206 cm³/mol. The molecule has 1 heteroatoms. The Morgan fingerprint density at radius 2 is 0.918 bits per heavy atom. The Morgan fingerprint density at radius 1 is 0.449 bits per heavy atom. The van der Waals surface area contributed by atoms with Gasteiger partial charge in [-0.05, 0) is 79.3 Å². The Labute approximate surface area is 289 Å². The maximum atomic E-state index is 6.94. The van der Waals surface area contributed by atoms with E-state index in [9.17, 15) is 0 Å². The summed E-state index contributed by atoms with van der Waals surface area (Å²) < 4.78 is 0. The summed E-state index contributed by atoms with van der Waals surface area (Å²) in [6.07, 6.45) is 5.23. The highest BCUT2D eigenvalue weighted by molar-refractivity contribution is 5.87. The lowest BCUT2D eigenvalue weighted by molar-refractivity contribution is 0.768. The number of nitrogens with two attached hydrogens (primary N) is 1. The van der Waals surface area contributed by atoms with E-state index >= 15 is 0 Å². The van der Waals surface area contributed by atoms with Crippen LogP contribution in [0.25, 0.3) is 33.5 Å². The van der Waals surface area contributed by atoms with Crippen LogP contribution in [-0.4, -0.2) is 0 Å². The number of allylic oxidation sites excluding steroid dienone is 3. The zero-order valence-electron chi connectivity index (χ0n) is 27.3. The molecular weight excluding hydrogens is 591 g/mol. The van der Waals surface area contributed by atoms with Crippen molar-refractivity contribution >= 4 is 11.3 Å². The van der Waals surface area contributed by atoms with Gasteiger partial charge in [0.1, 0.15) is 0 Å². The van der Waals surface area contributed by atoms with E-state index in [1.54, 1.807) is 0 Å². The molecule has 7 aromatic carbocycles. The van der Waals surface area contributed by atoms with Crippen LogP contribution in [0.2, 0.25) is 0 Å². The molecule has 0 amide bonds. The van der Waals surface area contributed by atoms with Gasteiger partial charge < -0.3 is 5.73 Å². The van der Waals surface area contributed by atoms with Gasteiger partial charge in [-0.15, -0.1) is 0 Å². The average molecular weight is 628 g/mol. The van der Waals surface area contributed by atoms with E-state index in [2.05, 4.69) is 200 Å². The van der Waals surface area contributed by atoms with Crippen LogP contribution in [0.15, 0.2) is 200 Å². The van der Waals surface area contributed by atoms with E-state index < -0.39 is 5.41 Å². The van der Waals surface area contributed by atoms with Gasteiger partial charge in [0.15, 0.2) is 0 Å². The van der Waals surface area contributed by atoms with Crippen molar-refractivity contribution in [2.24, 2.45) is 5.73 Å². The van der Waals surface area contributed by atoms with Crippen LogP contribution in [0.4, 0.5) is 0 Å². The molecule has 0 unspecified atom stereocenters. The summed E-state index contributed by atoms with van der Waals surface area (Å²) in [7, 11) is 0. The van der Waals surface area contributed by atoms with Crippen molar-refractivity contribution in [1.29, 1.82) is 0 Å². The normalized spacial score (nSPS) is 13.5. The number of rotatable bonds is 8. The molecule has 234 valence electrons. The highest BCUT2D eigenvalue weighted by Gasteiger charge is 2.45. The first-order chi connectivity index (χ1) is 24.2. The molecular formula is C48H37N. The third-order valence-electron chi connectivity index (χ3n) is 9.85. The SMILES string of the molecule is N/C(=C\C(=C/Cc1ccccc1)c1ccc(-c2ccccc2)cc1)c1ccc(C2(c3ccccc3)c3ccccc3-c3ccccc32)cc1. The van der Waals surface area contributed by atoms with Gasteiger partial charge in [-0.2, -0.15) is 0 Å². The summed E-state index contributed by atoms with van der Waals surface area (Å²) in [5, 5.41) is 0. The van der Waals surface area contributed by atoms with Crippen LogP contribution in [0.5, 0.6) is 0 Å². The monoisotopic (exact) mass is 627 g/mol. The van der Waals surface area contributed by atoms with Crippen molar-refractivity contribution in [2.45, 2.75) is 11.8 Å². The molecule has 0 aromatic heterocycles. The van der Waals surface area contributed by atoms with Crippen molar-refractivity contribution in [2.75, 3.05) is 0 Å². The topological polar surface area (TPSA) is 26.0 Å². The second-order valence-electron chi connectivity index (χ2n) is 12.7. The Balaban J connectivity index is 1.19. The smallest absolute Gasteiger partial charge is 0.0713 e. The molecule has 49 heavy (non-hydrogen) atoms. The molecule has 7 aromatic rings. The van der Waals surface area contributed by atoms with Gasteiger partial charge in [0.25, 0.3) is 0 Å².